The Hall–Kier alpha value is -2.49. The van der Waals surface area contributed by atoms with Crippen LogP contribution in [0.15, 0.2) is 42.5 Å². The van der Waals surface area contributed by atoms with Gasteiger partial charge in [0.15, 0.2) is 11.5 Å². The maximum absolute atomic E-state index is 12.9. The average molecular weight is 311 g/mol. The number of carbonyl (C=O) groups excluding carboxylic acids is 1. The van der Waals surface area contributed by atoms with E-state index in [4.69, 9.17) is 9.47 Å². The highest BCUT2D eigenvalue weighted by Crippen LogP contribution is 2.36. The summed E-state index contributed by atoms with van der Waals surface area (Å²) < 4.78 is 10.7. The highest BCUT2D eigenvalue weighted by atomic mass is 16.5. The van der Waals surface area contributed by atoms with Crippen LogP contribution in [0.25, 0.3) is 0 Å². The molecule has 0 N–H and O–H groups in total. The van der Waals surface area contributed by atoms with Crippen LogP contribution in [0.3, 0.4) is 0 Å². The highest BCUT2D eigenvalue weighted by Gasteiger charge is 2.29. The molecular weight excluding hydrogens is 290 g/mol. The molecule has 4 heteroatoms. The Kier molecular flexibility index (Phi) is 4.24. The second kappa shape index (κ2) is 6.32. The molecule has 0 fully saturated rings. The minimum atomic E-state index is 0.0207. The number of ether oxygens (including phenoxy) is 2. The van der Waals surface area contributed by atoms with Crippen LogP contribution in [0.4, 0.5) is 0 Å². The summed E-state index contributed by atoms with van der Waals surface area (Å²) in [6, 6.07) is 14.0. The summed E-state index contributed by atoms with van der Waals surface area (Å²) in [6.45, 7) is 0. The topological polar surface area (TPSA) is 38.8 Å². The molecule has 1 amide bonds. The van der Waals surface area contributed by atoms with Crippen LogP contribution in [-0.2, 0) is 6.42 Å². The Morgan fingerprint density at radius 1 is 1.04 bits per heavy atom. The molecule has 1 heterocycles. The van der Waals surface area contributed by atoms with Gasteiger partial charge in [-0.25, -0.2) is 0 Å². The van der Waals surface area contributed by atoms with Crippen LogP contribution < -0.4 is 9.47 Å². The zero-order chi connectivity index (χ0) is 16.4. The van der Waals surface area contributed by atoms with Crippen molar-refractivity contribution in [2.24, 2.45) is 0 Å². The van der Waals surface area contributed by atoms with Crippen LogP contribution in [0.2, 0.25) is 0 Å². The van der Waals surface area contributed by atoms with Crippen molar-refractivity contribution in [3.05, 3.63) is 59.2 Å². The van der Waals surface area contributed by atoms with Crippen molar-refractivity contribution < 1.29 is 14.3 Å². The first-order valence-electron chi connectivity index (χ1n) is 7.72. The van der Waals surface area contributed by atoms with Crippen LogP contribution in [0.5, 0.6) is 11.5 Å². The third-order valence-corrected chi connectivity index (χ3v) is 4.50. The van der Waals surface area contributed by atoms with Gasteiger partial charge in [0.05, 0.1) is 20.3 Å². The van der Waals surface area contributed by atoms with Crippen LogP contribution in [0, 0.1) is 0 Å². The summed E-state index contributed by atoms with van der Waals surface area (Å²) in [6.07, 6.45) is 1.71. The molecule has 23 heavy (non-hydrogen) atoms. The zero-order valence-electron chi connectivity index (χ0n) is 13.7. The van der Waals surface area contributed by atoms with Gasteiger partial charge in [-0.15, -0.1) is 0 Å². The van der Waals surface area contributed by atoms with E-state index in [1.54, 1.807) is 20.3 Å². The molecule has 2 aromatic carbocycles. The SMILES string of the molecule is COc1cc2c(cc1OC)C(=O)N(C)C(c1ccccc1)CC2. The molecule has 0 aliphatic carbocycles. The molecule has 0 aromatic heterocycles. The molecule has 0 spiro atoms. The predicted octanol–water partition coefficient (Wildman–Crippen LogP) is 3.46. The second-order valence-electron chi connectivity index (χ2n) is 5.75. The summed E-state index contributed by atoms with van der Waals surface area (Å²) in [5, 5.41) is 0. The fourth-order valence-corrected chi connectivity index (χ4v) is 3.21. The molecule has 0 saturated heterocycles. The van der Waals surface area contributed by atoms with Crippen molar-refractivity contribution in [1.29, 1.82) is 0 Å². The molecule has 1 aliphatic heterocycles. The number of nitrogens with zero attached hydrogens (tertiary/aromatic N) is 1. The van der Waals surface area contributed by atoms with Crippen molar-refractivity contribution >= 4 is 5.91 Å². The van der Waals surface area contributed by atoms with Gasteiger partial charge in [0, 0.05) is 12.6 Å². The van der Waals surface area contributed by atoms with Crippen LogP contribution in [-0.4, -0.2) is 32.1 Å². The molecule has 1 atom stereocenters. The maximum atomic E-state index is 12.9. The van der Waals surface area contributed by atoms with Crippen molar-refractivity contribution in [3.63, 3.8) is 0 Å². The van der Waals surface area contributed by atoms with Gasteiger partial charge in [0.1, 0.15) is 0 Å². The smallest absolute Gasteiger partial charge is 0.254 e. The van der Waals surface area contributed by atoms with E-state index in [0.29, 0.717) is 17.1 Å². The standard InChI is InChI=1S/C19H21NO3/c1-20-16(13-7-5-4-6-8-13)10-9-14-11-17(22-2)18(23-3)12-15(14)19(20)21/h4-8,11-12,16H,9-10H2,1-3H3. The number of hydrogen-bond acceptors (Lipinski definition) is 3. The Bertz CT molecular complexity index is 712. The van der Waals surface area contributed by atoms with Gasteiger partial charge in [0.25, 0.3) is 5.91 Å². The average Bonchev–Trinajstić information content (AvgIpc) is 2.72. The predicted molar refractivity (Wildman–Crippen MR) is 89.1 cm³/mol. The van der Waals surface area contributed by atoms with Gasteiger partial charge in [-0.3, -0.25) is 4.79 Å². The first-order chi connectivity index (χ1) is 11.2. The molecule has 1 unspecified atom stereocenters. The minimum Gasteiger partial charge on any atom is -0.493 e. The Morgan fingerprint density at radius 3 is 2.35 bits per heavy atom. The molecule has 4 nitrogen and oxygen atoms in total. The quantitative estimate of drug-likeness (QED) is 0.871. The zero-order valence-corrected chi connectivity index (χ0v) is 13.7. The largest absolute Gasteiger partial charge is 0.493 e. The Balaban J connectivity index is 2.02. The highest BCUT2D eigenvalue weighted by molar-refractivity contribution is 5.97. The Labute approximate surface area is 136 Å². The van der Waals surface area contributed by atoms with E-state index in [9.17, 15) is 4.79 Å². The summed E-state index contributed by atoms with van der Waals surface area (Å²) in [5.74, 6) is 1.28. The molecule has 0 saturated carbocycles. The molecule has 0 radical (unpaired) electrons. The normalized spacial score (nSPS) is 17.4. The summed E-state index contributed by atoms with van der Waals surface area (Å²) in [4.78, 5) is 14.7. The van der Waals surface area contributed by atoms with E-state index >= 15 is 0 Å². The van der Waals surface area contributed by atoms with Gasteiger partial charge in [0.2, 0.25) is 0 Å². The van der Waals surface area contributed by atoms with E-state index in [2.05, 4.69) is 12.1 Å². The van der Waals surface area contributed by atoms with Crippen molar-refractivity contribution in [2.45, 2.75) is 18.9 Å². The first-order valence-corrected chi connectivity index (χ1v) is 7.72. The molecular formula is C19H21NO3. The van der Waals surface area contributed by atoms with E-state index < -0.39 is 0 Å². The number of rotatable bonds is 3. The van der Waals surface area contributed by atoms with Gasteiger partial charge < -0.3 is 14.4 Å². The van der Waals surface area contributed by atoms with Crippen molar-refractivity contribution in [3.8, 4) is 11.5 Å². The van der Waals surface area contributed by atoms with Gasteiger partial charge in [-0.1, -0.05) is 30.3 Å². The van der Waals surface area contributed by atoms with E-state index in [-0.39, 0.29) is 11.9 Å². The third-order valence-electron chi connectivity index (χ3n) is 4.50. The van der Waals surface area contributed by atoms with Crippen molar-refractivity contribution in [2.75, 3.05) is 21.3 Å². The van der Waals surface area contributed by atoms with Gasteiger partial charge in [-0.05, 0) is 36.1 Å². The van der Waals surface area contributed by atoms with E-state index in [0.717, 1.165) is 24.0 Å². The molecule has 1 aliphatic rings. The summed E-state index contributed by atoms with van der Waals surface area (Å²) in [5.41, 5.74) is 2.87. The van der Waals surface area contributed by atoms with Gasteiger partial charge >= 0.3 is 0 Å². The minimum absolute atomic E-state index is 0.0207. The van der Waals surface area contributed by atoms with E-state index in [1.807, 2.05) is 36.2 Å². The lowest BCUT2D eigenvalue weighted by atomic mass is 9.98. The third kappa shape index (κ3) is 2.77. The molecule has 120 valence electrons. The number of hydrogen-bond donors (Lipinski definition) is 0. The lowest BCUT2D eigenvalue weighted by Gasteiger charge is -2.26. The number of amides is 1. The summed E-state index contributed by atoms with van der Waals surface area (Å²) >= 11 is 0. The number of methoxy groups -OCH3 is 2. The number of benzene rings is 2. The fourth-order valence-electron chi connectivity index (χ4n) is 3.21. The molecule has 2 aromatic rings. The first kappa shape index (κ1) is 15.4. The number of carbonyl (C=O) groups is 1. The number of fused-ring (bicyclic) bond motifs is 1. The maximum Gasteiger partial charge on any atom is 0.254 e. The van der Waals surface area contributed by atoms with Crippen molar-refractivity contribution in [1.82, 2.24) is 4.90 Å². The lowest BCUT2D eigenvalue weighted by Crippen LogP contribution is -2.30. The van der Waals surface area contributed by atoms with Crippen LogP contribution in [0.1, 0.15) is 33.9 Å². The monoisotopic (exact) mass is 311 g/mol. The van der Waals surface area contributed by atoms with Gasteiger partial charge in [-0.2, -0.15) is 0 Å². The fraction of sp³-hybridized carbons (Fsp3) is 0.316. The summed E-state index contributed by atoms with van der Waals surface area (Å²) in [7, 11) is 5.06. The Morgan fingerprint density at radius 2 is 1.70 bits per heavy atom. The number of aryl methyl sites for hydroxylation is 1. The second-order valence-corrected chi connectivity index (χ2v) is 5.75. The van der Waals surface area contributed by atoms with E-state index in [1.165, 1.54) is 0 Å². The molecule has 3 rings (SSSR count). The van der Waals surface area contributed by atoms with Crippen LogP contribution >= 0.6 is 0 Å². The lowest BCUT2D eigenvalue weighted by molar-refractivity contribution is 0.0733. The molecule has 0 bridgehead atoms.